The molecule has 2 aliphatic rings. The van der Waals surface area contributed by atoms with Gasteiger partial charge in [-0.2, -0.15) is 26.3 Å². The molecule has 1 saturated carbocycles. The molecular weight excluding hydrogens is 488 g/mol. The van der Waals surface area contributed by atoms with Crippen LogP contribution in [0.15, 0.2) is 42.5 Å². The molecule has 1 N–H and O–H groups in total. The minimum atomic E-state index is -4.64. The third kappa shape index (κ3) is 10.9. The van der Waals surface area contributed by atoms with Crippen molar-refractivity contribution in [3.05, 3.63) is 64.7 Å². The Hall–Kier alpha value is -2.75. The van der Waals surface area contributed by atoms with E-state index < -0.39 is 29.4 Å². The van der Waals surface area contributed by atoms with E-state index in [0.717, 1.165) is 24.2 Å². The average Bonchev–Trinajstić information content (AvgIpc) is 3.61. The van der Waals surface area contributed by atoms with Crippen molar-refractivity contribution in [1.82, 2.24) is 4.90 Å². The van der Waals surface area contributed by atoms with E-state index >= 15 is 0 Å². The molecule has 1 saturated heterocycles. The maximum absolute atomic E-state index is 12.9. The van der Waals surface area contributed by atoms with Gasteiger partial charge in [0.25, 0.3) is 0 Å². The molecule has 2 aromatic rings. The summed E-state index contributed by atoms with van der Waals surface area (Å²) in [6.07, 6.45) is -2.34. The van der Waals surface area contributed by atoms with Crippen molar-refractivity contribution in [2.75, 3.05) is 20.2 Å². The van der Waals surface area contributed by atoms with Gasteiger partial charge in [0.15, 0.2) is 0 Å². The number of carboxylic acid groups (broad SMARTS) is 1. The summed E-state index contributed by atoms with van der Waals surface area (Å²) in [6, 6.07) is 9.06. The Morgan fingerprint density at radius 1 is 0.917 bits per heavy atom. The number of aryl methyl sites for hydroxylation is 1. The number of carboxylic acids is 1. The molecule has 1 aliphatic heterocycles. The number of benzene rings is 2. The van der Waals surface area contributed by atoms with Crippen LogP contribution in [0.25, 0.3) is 0 Å². The van der Waals surface area contributed by atoms with Crippen LogP contribution in [0.4, 0.5) is 26.3 Å². The number of alkyl halides is 6. The molecular formula is C26H31F6NO3. The number of carbonyl (C=O) groups is 1. The highest BCUT2D eigenvalue weighted by molar-refractivity contribution is 5.67. The normalized spacial score (nSPS) is 15.3. The summed E-state index contributed by atoms with van der Waals surface area (Å²) >= 11 is 0. The lowest BCUT2D eigenvalue weighted by Gasteiger charge is -2.20. The number of halogens is 6. The topological polar surface area (TPSA) is 49.8 Å². The van der Waals surface area contributed by atoms with Crippen LogP contribution in [0.1, 0.15) is 60.8 Å². The Kier molecular flexibility index (Phi) is 11.1. The summed E-state index contributed by atoms with van der Waals surface area (Å²) in [5, 5.41) is 8.47. The van der Waals surface area contributed by atoms with Crippen molar-refractivity contribution in [2.24, 2.45) is 0 Å². The Morgan fingerprint density at radius 2 is 1.56 bits per heavy atom. The summed E-state index contributed by atoms with van der Waals surface area (Å²) < 4.78 is 81.4. The first-order valence-corrected chi connectivity index (χ1v) is 11.7. The van der Waals surface area contributed by atoms with Gasteiger partial charge in [-0.15, -0.1) is 0 Å². The summed E-state index contributed by atoms with van der Waals surface area (Å²) in [5.41, 5.74) is -1.35. The van der Waals surface area contributed by atoms with Crippen molar-refractivity contribution in [3.63, 3.8) is 0 Å². The van der Waals surface area contributed by atoms with Gasteiger partial charge >= 0.3 is 18.3 Å². The molecule has 0 unspecified atom stereocenters. The zero-order valence-corrected chi connectivity index (χ0v) is 20.1. The Labute approximate surface area is 206 Å². The highest BCUT2D eigenvalue weighted by Gasteiger charge is 2.37. The Bertz CT molecular complexity index is 964. The molecule has 2 fully saturated rings. The first-order chi connectivity index (χ1) is 16.9. The number of hydrogen-bond acceptors (Lipinski definition) is 3. The maximum Gasteiger partial charge on any atom is 0.416 e. The number of likely N-dealkylation sites (tertiary alicyclic amines) is 1. The fourth-order valence-electron chi connectivity index (χ4n) is 3.44. The van der Waals surface area contributed by atoms with Crippen molar-refractivity contribution >= 4 is 5.97 Å². The van der Waals surface area contributed by atoms with Crippen LogP contribution < -0.4 is 4.74 Å². The van der Waals surface area contributed by atoms with Crippen LogP contribution in [0.5, 0.6) is 5.75 Å². The second-order valence-electron chi connectivity index (χ2n) is 8.66. The van der Waals surface area contributed by atoms with E-state index in [9.17, 15) is 31.1 Å². The van der Waals surface area contributed by atoms with E-state index in [1.807, 2.05) is 24.3 Å². The van der Waals surface area contributed by atoms with Crippen LogP contribution >= 0.6 is 0 Å². The van der Waals surface area contributed by atoms with Gasteiger partial charge in [0.1, 0.15) is 5.75 Å². The zero-order valence-electron chi connectivity index (χ0n) is 20.1. The first kappa shape index (κ1) is 29.5. The maximum atomic E-state index is 12.9. The molecule has 4 rings (SSSR count). The van der Waals surface area contributed by atoms with E-state index in [0.29, 0.717) is 37.7 Å². The molecule has 1 aliphatic carbocycles. The van der Waals surface area contributed by atoms with E-state index in [1.165, 1.54) is 19.3 Å². The first-order valence-electron chi connectivity index (χ1n) is 11.7. The van der Waals surface area contributed by atoms with Crippen molar-refractivity contribution in [1.29, 1.82) is 0 Å². The fourth-order valence-corrected chi connectivity index (χ4v) is 3.44. The molecule has 4 nitrogen and oxygen atoms in total. The second kappa shape index (κ2) is 13.5. The van der Waals surface area contributed by atoms with Crippen LogP contribution in [-0.2, 0) is 30.1 Å². The monoisotopic (exact) mass is 519 g/mol. The molecule has 200 valence electrons. The zero-order chi connectivity index (χ0) is 26.8. The van der Waals surface area contributed by atoms with Gasteiger partial charge in [0, 0.05) is 13.0 Å². The predicted octanol–water partition coefficient (Wildman–Crippen LogP) is 7.20. The smallest absolute Gasteiger partial charge is 0.416 e. The van der Waals surface area contributed by atoms with Gasteiger partial charge < -0.3 is 9.84 Å². The van der Waals surface area contributed by atoms with E-state index in [4.69, 9.17) is 9.84 Å². The SMILES string of the molecule is C1CC1.COc1cccc(CCC(=O)O)c1.FC(F)(F)c1ccc(C(F)(F)F)c(CN2CCCC2)c1. The highest BCUT2D eigenvalue weighted by atomic mass is 19.4. The molecule has 0 atom stereocenters. The van der Waals surface area contributed by atoms with Gasteiger partial charge in [-0.05, 0) is 73.8 Å². The van der Waals surface area contributed by atoms with Crippen molar-refractivity contribution < 1.29 is 41.0 Å². The molecule has 0 amide bonds. The molecule has 0 radical (unpaired) electrons. The van der Waals surface area contributed by atoms with Crippen LogP contribution in [0.3, 0.4) is 0 Å². The molecule has 0 aromatic heterocycles. The van der Waals surface area contributed by atoms with Crippen LogP contribution in [-0.4, -0.2) is 36.2 Å². The summed E-state index contributed by atoms with van der Waals surface area (Å²) in [6.45, 7) is 1.14. The third-order valence-corrected chi connectivity index (χ3v) is 5.45. The number of methoxy groups -OCH3 is 1. The molecule has 1 heterocycles. The molecule has 0 bridgehead atoms. The van der Waals surface area contributed by atoms with E-state index in [2.05, 4.69) is 0 Å². The Balaban J connectivity index is 0.000000243. The van der Waals surface area contributed by atoms with Crippen LogP contribution in [0.2, 0.25) is 0 Å². The molecule has 36 heavy (non-hydrogen) atoms. The lowest BCUT2D eigenvalue weighted by Crippen LogP contribution is -2.22. The third-order valence-electron chi connectivity index (χ3n) is 5.45. The lowest BCUT2D eigenvalue weighted by molar-refractivity contribution is -0.142. The minimum Gasteiger partial charge on any atom is -0.497 e. The second-order valence-corrected chi connectivity index (χ2v) is 8.66. The number of rotatable bonds is 6. The number of aliphatic carboxylic acids is 1. The van der Waals surface area contributed by atoms with E-state index in [1.54, 1.807) is 12.0 Å². The van der Waals surface area contributed by atoms with Gasteiger partial charge in [0.2, 0.25) is 0 Å². The number of ether oxygens (including phenoxy) is 1. The molecule has 10 heteroatoms. The quantitative estimate of drug-likeness (QED) is 0.410. The number of nitrogens with zero attached hydrogens (tertiary/aromatic N) is 1. The van der Waals surface area contributed by atoms with Gasteiger partial charge in [-0.25, -0.2) is 0 Å². The van der Waals surface area contributed by atoms with Gasteiger partial charge in [0.05, 0.1) is 18.2 Å². The fraction of sp³-hybridized carbons (Fsp3) is 0.500. The average molecular weight is 520 g/mol. The van der Waals surface area contributed by atoms with E-state index in [-0.39, 0.29) is 18.5 Å². The standard InChI is InChI=1S/C13H13F6N.C10H12O3.C3H6/c14-12(15,16)10-3-4-11(13(17,18)19)9(7-10)8-20-5-1-2-6-20;1-13-9-4-2-3-8(7-9)5-6-10(11)12;1-2-3-1/h3-4,7H,1-2,5-6,8H2;2-4,7H,5-6H2,1H3,(H,11,12);1-3H2. The van der Waals surface area contributed by atoms with Crippen LogP contribution in [0, 0.1) is 0 Å². The Morgan fingerprint density at radius 3 is 2.06 bits per heavy atom. The van der Waals surface area contributed by atoms with Gasteiger partial charge in [-0.1, -0.05) is 31.4 Å². The molecule has 0 spiro atoms. The summed E-state index contributed by atoms with van der Waals surface area (Å²) in [7, 11) is 1.59. The van der Waals surface area contributed by atoms with Crippen molar-refractivity contribution in [3.8, 4) is 5.75 Å². The predicted molar refractivity (Wildman–Crippen MR) is 124 cm³/mol. The number of hydrogen-bond donors (Lipinski definition) is 1. The van der Waals surface area contributed by atoms with Gasteiger partial charge in [-0.3, -0.25) is 9.69 Å². The van der Waals surface area contributed by atoms with Crippen molar-refractivity contribution in [2.45, 2.75) is 63.8 Å². The largest absolute Gasteiger partial charge is 0.497 e. The highest BCUT2D eigenvalue weighted by Crippen LogP contribution is 2.37. The summed E-state index contributed by atoms with van der Waals surface area (Å²) in [4.78, 5) is 12.0. The lowest BCUT2D eigenvalue weighted by atomic mass is 10.0. The molecule has 2 aromatic carbocycles. The minimum absolute atomic E-state index is 0.0984. The summed E-state index contributed by atoms with van der Waals surface area (Å²) in [5.74, 6) is -0.00860.